The third kappa shape index (κ3) is 3.22. The van der Waals surface area contributed by atoms with E-state index in [4.69, 9.17) is 0 Å². The zero-order chi connectivity index (χ0) is 18.9. The van der Waals surface area contributed by atoms with E-state index in [2.05, 4.69) is 81.0 Å². The Morgan fingerprint density at radius 1 is 0.929 bits per heavy atom. The summed E-state index contributed by atoms with van der Waals surface area (Å²) in [5.74, 6) is 0.857. The van der Waals surface area contributed by atoms with Gasteiger partial charge in [0.05, 0.1) is 5.39 Å². The average Bonchev–Trinajstić information content (AvgIpc) is 3.40. The first kappa shape index (κ1) is 17.2. The van der Waals surface area contributed by atoms with Crippen LogP contribution < -0.4 is 10.2 Å². The number of hydrogen-bond donors (Lipinski definition) is 1. The third-order valence-corrected chi connectivity index (χ3v) is 6.22. The molecule has 0 radical (unpaired) electrons. The molecule has 4 aromatic rings. The van der Waals surface area contributed by atoms with Crippen molar-refractivity contribution in [3.63, 3.8) is 0 Å². The largest absolute Gasteiger partial charge is 0.372 e. The number of nitrogens with one attached hydrogen (secondary N) is 1. The van der Waals surface area contributed by atoms with Crippen LogP contribution >= 0.6 is 11.3 Å². The van der Waals surface area contributed by atoms with Crippen molar-refractivity contribution in [1.29, 1.82) is 0 Å². The maximum Gasteiger partial charge on any atom is 0.143 e. The predicted molar refractivity (Wildman–Crippen MR) is 119 cm³/mol. The molecule has 1 saturated heterocycles. The van der Waals surface area contributed by atoms with Gasteiger partial charge >= 0.3 is 0 Å². The highest BCUT2D eigenvalue weighted by Crippen LogP contribution is 2.37. The van der Waals surface area contributed by atoms with Gasteiger partial charge in [0.25, 0.3) is 0 Å². The van der Waals surface area contributed by atoms with Crippen molar-refractivity contribution in [2.24, 2.45) is 0 Å². The molecule has 0 saturated carbocycles. The van der Waals surface area contributed by atoms with E-state index in [1.807, 2.05) is 0 Å². The summed E-state index contributed by atoms with van der Waals surface area (Å²) in [6.07, 6.45) is 4.22. The summed E-state index contributed by atoms with van der Waals surface area (Å²) in [5, 5.41) is 6.76. The number of hydrogen-bond acceptors (Lipinski definition) is 5. The highest BCUT2D eigenvalue weighted by Gasteiger charge is 2.14. The lowest BCUT2D eigenvalue weighted by atomic mass is 10.0. The SMILES string of the molecule is Cc1ccc(-c2csc3ncnc(Nc4ccc(N5CCCC5)cc4)c23)cc1. The van der Waals surface area contributed by atoms with E-state index >= 15 is 0 Å². The summed E-state index contributed by atoms with van der Waals surface area (Å²) < 4.78 is 0. The van der Waals surface area contributed by atoms with Crippen LogP contribution in [-0.4, -0.2) is 23.1 Å². The van der Waals surface area contributed by atoms with Gasteiger partial charge in [0.15, 0.2) is 0 Å². The first-order valence-corrected chi connectivity index (χ1v) is 10.6. The fourth-order valence-corrected chi connectivity index (χ4v) is 4.70. The number of nitrogens with zero attached hydrogens (tertiary/aromatic N) is 3. The standard InChI is InChI=1S/C23H22N4S/c1-16-4-6-17(7-5-16)20-14-28-23-21(20)22(24-15-25-23)26-18-8-10-19(11-9-18)27-12-2-3-13-27/h4-11,14-15H,2-3,12-13H2,1H3,(H,24,25,26). The van der Waals surface area contributed by atoms with Crippen molar-refractivity contribution in [2.75, 3.05) is 23.3 Å². The van der Waals surface area contributed by atoms with Gasteiger partial charge in [-0.2, -0.15) is 0 Å². The molecule has 0 spiro atoms. The van der Waals surface area contributed by atoms with Gasteiger partial charge in [-0.1, -0.05) is 29.8 Å². The van der Waals surface area contributed by atoms with Crippen molar-refractivity contribution in [2.45, 2.75) is 19.8 Å². The lowest BCUT2D eigenvalue weighted by Crippen LogP contribution is -2.17. The molecular formula is C23H22N4S. The molecule has 0 aliphatic carbocycles. The van der Waals surface area contributed by atoms with Gasteiger partial charge < -0.3 is 10.2 Å². The van der Waals surface area contributed by atoms with Crippen LogP contribution in [0.25, 0.3) is 21.3 Å². The number of thiophene rings is 1. The van der Waals surface area contributed by atoms with E-state index in [1.54, 1.807) is 17.7 Å². The minimum atomic E-state index is 0.857. The average molecular weight is 387 g/mol. The molecule has 1 fully saturated rings. The van der Waals surface area contributed by atoms with Crippen molar-refractivity contribution in [1.82, 2.24) is 9.97 Å². The van der Waals surface area contributed by atoms with E-state index in [0.29, 0.717) is 0 Å². The van der Waals surface area contributed by atoms with Crippen molar-refractivity contribution < 1.29 is 0 Å². The lowest BCUT2D eigenvalue weighted by Gasteiger charge is -2.18. The van der Waals surface area contributed by atoms with Gasteiger partial charge in [0.2, 0.25) is 0 Å². The van der Waals surface area contributed by atoms with E-state index in [-0.39, 0.29) is 0 Å². The quantitative estimate of drug-likeness (QED) is 0.466. The van der Waals surface area contributed by atoms with E-state index in [1.165, 1.54) is 35.2 Å². The van der Waals surface area contributed by atoms with Gasteiger partial charge in [-0.05, 0) is 49.6 Å². The smallest absolute Gasteiger partial charge is 0.143 e. The summed E-state index contributed by atoms with van der Waals surface area (Å²) in [7, 11) is 0. The molecule has 0 bridgehead atoms. The van der Waals surface area contributed by atoms with Crippen LogP contribution in [0.2, 0.25) is 0 Å². The van der Waals surface area contributed by atoms with Gasteiger partial charge in [0, 0.05) is 35.4 Å². The molecule has 0 atom stereocenters. The van der Waals surface area contributed by atoms with Crippen LogP contribution in [0.15, 0.2) is 60.2 Å². The van der Waals surface area contributed by atoms with Crippen molar-refractivity contribution >= 4 is 38.7 Å². The zero-order valence-corrected chi connectivity index (χ0v) is 16.7. The van der Waals surface area contributed by atoms with Crippen LogP contribution in [0, 0.1) is 6.92 Å². The number of anilines is 3. The summed E-state index contributed by atoms with van der Waals surface area (Å²) in [6.45, 7) is 4.43. The monoisotopic (exact) mass is 386 g/mol. The molecule has 0 amide bonds. The summed E-state index contributed by atoms with van der Waals surface area (Å²) >= 11 is 1.66. The zero-order valence-electron chi connectivity index (χ0n) is 15.9. The highest BCUT2D eigenvalue weighted by atomic mass is 32.1. The third-order valence-electron chi connectivity index (χ3n) is 5.33. The van der Waals surface area contributed by atoms with E-state index in [0.717, 1.165) is 34.8 Å². The van der Waals surface area contributed by atoms with Crippen LogP contribution in [0.3, 0.4) is 0 Å². The lowest BCUT2D eigenvalue weighted by molar-refractivity contribution is 0.949. The number of aromatic nitrogens is 2. The van der Waals surface area contributed by atoms with Crippen molar-refractivity contribution in [3.8, 4) is 11.1 Å². The Morgan fingerprint density at radius 3 is 2.43 bits per heavy atom. The molecule has 5 rings (SSSR count). The fraction of sp³-hybridized carbons (Fsp3) is 0.217. The van der Waals surface area contributed by atoms with Crippen molar-refractivity contribution in [3.05, 3.63) is 65.8 Å². The Labute approximate surface area is 168 Å². The topological polar surface area (TPSA) is 41.1 Å². The molecule has 5 heteroatoms. The molecule has 3 heterocycles. The van der Waals surface area contributed by atoms with E-state index in [9.17, 15) is 0 Å². The minimum absolute atomic E-state index is 0.857. The molecule has 0 unspecified atom stereocenters. The number of fused-ring (bicyclic) bond motifs is 1. The molecule has 1 aliphatic heterocycles. The normalized spacial score (nSPS) is 14.0. The van der Waals surface area contributed by atoms with Gasteiger partial charge in [0.1, 0.15) is 17.0 Å². The molecule has 2 aromatic heterocycles. The maximum absolute atomic E-state index is 4.55. The fourth-order valence-electron chi connectivity index (χ4n) is 3.78. The Bertz CT molecular complexity index is 1090. The first-order valence-electron chi connectivity index (χ1n) is 9.69. The van der Waals surface area contributed by atoms with Gasteiger partial charge in [-0.15, -0.1) is 11.3 Å². The number of rotatable bonds is 4. The molecule has 28 heavy (non-hydrogen) atoms. The maximum atomic E-state index is 4.55. The van der Waals surface area contributed by atoms with Gasteiger partial charge in [-0.3, -0.25) is 0 Å². The molecule has 140 valence electrons. The van der Waals surface area contributed by atoms with Crippen LogP contribution in [0.1, 0.15) is 18.4 Å². The summed E-state index contributed by atoms with van der Waals surface area (Å²) in [6, 6.07) is 17.3. The first-order chi connectivity index (χ1) is 13.8. The second kappa shape index (κ2) is 7.24. The number of aryl methyl sites for hydroxylation is 1. The minimum Gasteiger partial charge on any atom is -0.372 e. The Balaban J connectivity index is 1.49. The second-order valence-electron chi connectivity index (χ2n) is 7.28. The van der Waals surface area contributed by atoms with Crippen LogP contribution in [-0.2, 0) is 0 Å². The number of benzene rings is 2. The summed E-state index contributed by atoms with van der Waals surface area (Å²) in [4.78, 5) is 12.5. The Kier molecular flexibility index (Phi) is 4.45. The van der Waals surface area contributed by atoms with Crippen LogP contribution in [0.4, 0.5) is 17.2 Å². The molecule has 1 aliphatic rings. The van der Waals surface area contributed by atoms with Crippen LogP contribution in [0.5, 0.6) is 0 Å². The van der Waals surface area contributed by atoms with E-state index < -0.39 is 0 Å². The molecule has 1 N–H and O–H groups in total. The molecule has 4 nitrogen and oxygen atoms in total. The summed E-state index contributed by atoms with van der Waals surface area (Å²) in [5.41, 5.74) is 5.97. The molecular weight excluding hydrogens is 364 g/mol. The van der Waals surface area contributed by atoms with Gasteiger partial charge in [-0.25, -0.2) is 9.97 Å². The predicted octanol–water partition coefficient (Wildman–Crippen LogP) is 6.01. The molecule has 2 aromatic carbocycles. The second-order valence-corrected chi connectivity index (χ2v) is 8.14. The Hall–Kier alpha value is -2.92. The Morgan fingerprint density at radius 2 is 1.68 bits per heavy atom. The highest BCUT2D eigenvalue weighted by molar-refractivity contribution is 7.17.